The number of aliphatic imine (C=N–C) groups is 1. The van der Waals surface area contributed by atoms with E-state index in [1.807, 2.05) is 25.2 Å². The fraction of sp³-hybridized carbons (Fsp3) is 0.222. The second kappa shape index (κ2) is 2.53. The van der Waals surface area contributed by atoms with Gasteiger partial charge in [0.05, 0.1) is 5.41 Å². The molecule has 0 aromatic carbocycles. The Labute approximate surface area is 61.2 Å². The fourth-order valence-electron chi connectivity index (χ4n) is 0.692. The molecule has 0 aromatic rings. The molecule has 0 amide bonds. The summed E-state index contributed by atoms with van der Waals surface area (Å²) in [7, 11) is 0. The molecule has 1 nitrogen and oxygen atoms in total. The lowest BCUT2D eigenvalue weighted by molar-refractivity contribution is 0.751. The van der Waals surface area contributed by atoms with Crippen LogP contribution in [0, 0.1) is 17.8 Å². The van der Waals surface area contributed by atoms with Gasteiger partial charge in [-0.3, -0.25) is 4.99 Å². The summed E-state index contributed by atoms with van der Waals surface area (Å²) in [5.74, 6) is 2.67. The normalized spacial score (nSPS) is 29.6. The van der Waals surface area contributed by atoms with Crippen molar-refractivity contribution in [3.8, 4) is 12.3 Å². The van der Waals surface area contributed by atoms with E-state index in [4.69, 9.17) is 6.42 Å². The molecule has 1 heterocycles. The number of hydrogen-bond acceptors (Lipinski definition) is 1. The number of allylic oxidation sites excluding steroid dienone is 3. The Bertz CT molecular complexity index is 222. The monoisotopic (exact) mass is 131 g/mol. The average Bonchev–Trinajstić information content (AvgIpc) is 2.15. The van der Waals surface area contributed by atoms with Gasteiger partial charge in [0, 0.05) is 12.4 Å². The fourth-order valence-corrected chi connectivity index (χ4v) is 0.692. The van der Waals surface area contributed by atoms with E-state index in [-0.39, 0.29) is 5.41 Å². The van der Waals surface area contributed by atoms with Crippen LogP contribution in [0.1, 0.15) is 6.92 Å². The minimum absolute atomic E-state index is 0.253. The van der Waals surface area contributed by atoms with E-state index in [1.165, 1.54) is 0 Å². The summed E-state index contributed by atoms with van der Waals surface area (Å²) in [4.78, 5) is 3.93. The summed E-state index contributed by atoms with van der Waals surface area (Å²) in [6.45, 7) is 1.97. The van der Waals surface area contributed by atoms with Gasteiger partial charge in [0.15, 0.2) is 0 Å². The van der Waals surface area contributed by atoms with Gasteiger partial charge in [0.25, 0.3) is 0 Å². The molecule has 50 valence electrons. The van der Waals surface area contributed by atoms with Crippen LogP contribution < -0.4 is 0 Å². The standard InChI is InChI=1S/C9H9N/c1-3-9(2)5-4-7-10-8-6-9/h1,4-8H,2H3. The van der Waals surface area contributed by atoms with Crippen LogP contribution in [-0.4, -0.2) is 6.21 Å². The molecule has 0 saturated heterocycles. The topological polar surface area (TPSA) is 12.4 Å². The smallest absolute Gasteiger partial charge is 0.0664 e. The average molecular weight is 131 g/mol. The van der Waals surface area contributed by atoms with Gasteiger partial charge in [0.1, 0.15) is 0 Å². The van der Waals surface area contributed by atoms with E-state index in [0.29, 0.717) is 0 Å². The third kappa shape index (κ3) is 1.35. The van der Waals surface area contributed by atoms with Crippen LogP contribution >= 0.6 is 0 Å². The Balaban J connectivity index is 2.93. The second-order valence-corrected chi connectivity index (χ2v) is 2.40. The van der Waals surface area contributed by atoms with Gasteiger partial charge in [-0.2, -0.15) is 0 Å². The van der Waals surface area contributed by atoms with Crippen molar-refractivity contribution in [3.63, 3.8) is 0 Å². The van der Waals surface area contributed by atoms with Crippen LogP contribution in [0.15, 0.2) is 29.4 Å². The first-order valence-electron chi connectivity index (χ1n) is 3.13. The minimum atomic E-state index is -0.253. The van der Waals surface area contributed by atoms with Crippen molar-refractivity contribution in [2.24, 2.45) is 10.4 Å². The molecule has 0 radical (unpaired) electrons. The third-order valence-electron chi connectivity index (χ3n) is 1.43. The maximum Gasteiger partial charge on any atom is 0.0664 e. The van der Waals surface area contributed by atoms with Crippen LogP contribution in [-0.2, 0) is 0 Å². The van der Waals surface area contributed by atoms with Crippen LogP contribution in [0.3, 0.4) is 0 Å². The van der Waals surface area contributed by atoms with Crippen molar-refractivity contribution in [3.05, 3.63) is 24.4 Å². The van der Waals surface area contributed by atoms with Crippen molar-refractivity contribution in [1.29, 1.82) is 0 Å². The molecule has 1 rings (SSSR count). The van der Waals surface area contributed by atoms with E-state index in [0.717, 1.165) is 0 Å². The Kier molecular flexibility index (Phi) is 1.73. The summed E-state index contributed by atoms with van der Waals surface area (Å²) < 4.78 is 0. The highest BCUT2D eigenvalue weighted by Crippen LogP contribution is 2.19. The third-order valence-corrected chi connectivity index (χ3v) is 1.43. The Morgan fingerprint density at radius 3 is 3.00 bits per heavy atom. The molecule has 0 spiro atoms. The van der Waals surface area contributed by atoms with Crippen molar-refractivity contribution < 1.29 is 0 Å². The molecule has 1 atom stereocenters. The van der Waals surface area contributed by atoms with Gasteiger partial charge in [-0.25, -0.2) is 0 Å². The molecule has 10 heavy (non-hydrogen) atoms. The number of nitrogens with zero attached hydrogens (tertiary/aromatic N) is 1. The Morgan fingerprint density at radius 2 is 2.30 bits per heavy atom. The predicted octanol–water partition coefficient (Wildman–Crippen LogP) is 1.78. The van der Waals surface area contributed by atoms with Crippen molar-refractivity contribution in [2.75, 3.05) is 0 Å². The zero-order valence-corrected chi connectivity index (χ0v) is 5.91. The van der Waals surface area contributed by atoms with E-state index >= 15 is 0 Å². The summed E-state index contributed by atoms with van der Waals surface area (Å²) >= 11 is 0. The van der Waals surface area contributed by atoms with Crippen LogP contribution in [0.2, 0.25) is 0 Å². The van der Waals surface area contributed by atoms with Gasteiger partial charge in [-0.05, 0) is 19.1 Å². The molecular weight excluding hydrogens is 122 g/mol. The second-order valence-electron chi connectivity index (χ2n) is 2.40. The maximum absolute atomic E-state index is 5.30. The zero-order chi connectivity index (χ0) is 7.45. The molecular formula is C9H9N. The molecule has 0 N–H and O–H groups in total. The van der Waals surface area contributed by atoms with Gasteiger partial charge in [0.2, 0.25) is 0 Å². The van der Waals surface area contributed by atoms with Crippen LogP contribution in [0.25, 0.3) is 0 Å². The number of terminal acetylenes is 1. The molecule has 0 aromatic heterocycles. The predicted molar refractivity (Wildman–Crippen MR) is 43.7 cm³/mol. The van der Waals surface area contributed by atoms with Gasteiger partial charge in [-0.1, -0.05) is 12.0 Å². The lowest BCUT2D eigenvalue weighted by atomic mass is 9.92. The maximum atomic E-state index is 5.30. The summed E-state index contributed by atoms with van der Waals surface area (Å²) in [5, 5.41) is 0. The van der Waals surface area contributed by atoms with Crippen molar-refractivity contribution in [2.45, 2.75) is 6.92 Å². The molecule has 0 aliphatic carbocycles. The molecule has 1 heteroatoms. The van der Waals surface area contributed by atoms with E-state index in [1.54, 1.807) is 12.4 Å². The lowest BCUT2D eigenvalue weighted by Gasteiger charge is -2.10. The van der Waals surface area contributed by atoms with Crippen molar-refractivity contribution >= 4 is 6.21 Å². The summed E-state index contributed by atoms with van der Waals surface area (Å²) in [6.07, 6.45) is 14.4. The SMILES string of the molecule is C#CC1(C)C=CC=NC=C1. The van der Waals surface area contributed by atoms with Crippen molar-refractivity contribution in [1.82, 2.24) is 0 Å². The zero-order valence-electron chi connectivity index (χ0n) is 5.91. The Morgan fingerprint density at radius 1 is 1.50 bits per heavy atom. The number of rotatable bonds is 0. The first kappa shape index (κ1) is 6.82. The minimum Gasteiger partial charge on any atom is -0.265 e. The van der Waals surface area contributed by atoms with Crippen LogP contribution in [0.4, 0.5) is 0 Å². The number of hydrogen-bond donors (Lipinski definition) is 0. The van der Waals surface area contributed by atoms with Crippen LogP contribution in [0.5, 0.6) is 0 Å². The highest BCUT2D eigenvalue weighted by molar-refractivity contribution is 5.72. The van der Waals surface area contributed by atoms with Gasteiger partial charge >= 0.3 is 0 Å². The van der Waals surface area contributed by atoms with Gasteiger partial charge < -0.3 is 0 Å². The molecule has 0 bridgehead atoms. The Hall–Kier alpha value is -1.29. The quantitative estimate of drug-likeness (QED) is 0.444. The van der Waals surface area contributed by atoms with E-state index in [9.17, 15) is 0 Å². The largest absolute Gasteiger partial charge is 0.265 e. The highest BCUT2D eigenvalue weighted by Gasteiger charge is 2.12. The highest BCUT2D eigenvalue weighted by atomic mass is 14.7. The van der Waals surface area contributed by atoms with E-state index < -0.39 is 0 Å². The molecule has 1 aliphatic rings. The summed E-state index contributed by atoms with van der Waals surface area (Å²) in [6, 6.07) is 0. The summed E-state index contributed by atoms with van der Waals surface area (Å²) in [5.41, 5.74) is -0.253. The first-order chi connectivity index (χ1) is 4.77. The first-order valence-corrected chi connectivity index (χ1v) is 3.13. The lowest BCUT2D eigenvalue weighted by Crippen LogP contribution is -2.03. The molecule has 1 unspecified atom stereocenters. The van der Waals surface area contributed by atoms with Gasteiger partial charge in [-0.15, -0.1) is 6.42 Å². The van der Waals surface area contributed by atoms with E-state index in [2.05, 4.69) is 10.9 Å². The molecule has 1 aliphatic heterocycles. The molecule has 0 saturated carbocycles. The molecule has 0 fully saturated rings.